The largest absolute Gasteiger partial charge is 0.494 e. The fourth-order valence-corrected chi connectivity index (χ4v) is 5.66. The number of unbranched alkanes of at least 4 members (excludes halogenated alkanes) is 14. The van der Waals surface area contributed by atoms with Gasteiger partial charge < -0.3 is 4.74 Å². The number of aryl methyl sites for hydroxylation is 1. The summed E-state index contributed by atoms with van der Waals surface area (Å²) in [6, 6.07) is 8.36. The van der Waals surface area contributed by atoms with Crippen molar-refractivity contribution in [1.29, 1.82) is 0 Å². The summed E-state index contributed by atoms with van der Waals surface area (Å²) < 4.78 is 5.97. The Morgan fingerprint density at radius 2 is 1.32 bits per heavy atom. The van der Waals surface area contributed by atoms with E-state index in [1.165, 1.54) is 120 Å². The highest BCUT2D eigenvalue weighted by molar-refractivity contribution is 5.56. The molecule has 1 aromatic carbocycles. The Morgan fingerprint density at radius 1 is 0.730 bits per heavy atom. The van der Waals surface area contributed by atoms with Crippen LogP contribution < -0.4 is 4.74 Å². The molecule has 206 valence electrons. The van der Waals surface area contributed by atoms with Gasteiger partial charge in [0.15, 0.2) is 5.82 Å². The van der Waals surface area contributed by atoms with E-state index in [1.54, 1.807) is 0 Å². The Kier molecular flexibility index (Phi) is 14.7. The number of rotatable bonds is 20. The summed E-state index contributed by atoms with van der Waals surface area (Å²) in [6.07, 6.45) is 28.9. The van der Waals surface area contributed by atoms with E-state index in [1.807, 2.05) is 0 Å². The first-order valence-corrected chi connectivity index (χ1v) is 15.9. The van der Waals surface area contributed by atoms with Crippen molar-refractivity contribution in [3.8, 4) is 17.1 Å². The molecule has 1 heterocycles. The third-order valence-electron chi connectivity index (χ3n) is 8.10. The molecule has 2 aromatic rings. The molecule has 1 aliphatic carbocycles. The van der Waals surface area contributed by atoms with Crippen LogP contribution in [0, 0.1) is 5.92 Å². The summed E-state index contributed by atoms with van der Waals surface area (Å²) in [5.74, 6) is 2.63. The topological polar surface area (TPSA) is 35.0 Å². The van der Waals surface area contributed by atoms with Crippen LogP contribution in [0.1, 0.15) is 141 Å². The minimum absolute atomic E-state index is 0.809. The molecule has 0 amide bonds. The molecule has 0 saturated carbocycles. The molecule has 3 rings (SSSR count). The number of benzene rings is 1. The van der Waals surface area contributed by atoms with Gasteiger partial charge in [-0.3, -0.25) is 0 Å². The molecule has 37 heavy (non-hydrogen) atoms. The highest BCUT2D eigenvalue weighted by Gasteiger charge is 2.20. The average molecular weight is 507 g/mol. The molecule has 0 bridgehead atoms. The molecule has 3 nitrogen and oxygen atoms in total. The molecule has 0 N–H and O–H groups in total. The Balaban J connectivity index is 1.33. The number of aromatic nitrogens is 2. The molecular weight excluding hydrogens is 452 g/mol. The normalized spacial score (nSPS) is 15.0. The lowest BCUT2D eigenvalue weighted by Crippen LogP contribution is -2.16. The van der Waals surface area contributed by atoms with Crippen LogP contribution in [0.3, 0.4) is 0 Å². The minimum atomic E-state index is 0.809. The van der Waals surface area contributed by atoms with Crippen LogP contribution in [0.15, 0.2) is 30.5 Å². The van der Waals surface area contributed by atoms with Gasteiger partial charge in [-0.2, -0.15) is 0 Å². The Labute approximate surface area is 228 Å². The van der Waals surface area contributed by atoms with Crippen molar-refractivity contribution in [2.45, 2.75) is 142 Å². The highest BCUT2D eigenvalue weighted by Crippen LogP contribution is 2.29. The second-order valence-corrected chi connectivity index (χ2v) is 11.4. The lowest BCUT2D eigenvalue weighted by atomic mass is 9.84. The van der Waals surface area contributed by atoms with E-state index in [-0.39, 0.29) is 0 Å². The lowest BCUT2D eigenvalue weighted by molar-refractivity contribution is 0.304. The summed E-state index contributed by atoms with van der Waals surface area (Å²) in [4.78, 5) is 9.71. The van der Waals surface area contributed by atoms with Gasteiger partial charge in [-0.25, -0.2) is 9.97 Å². The van der Waals surface area contributed by atoms with Crippen LogP contribution in [-0.4, -0.2) is 16.6 Å². The predicted molar refractivity (Wildman–Crippen MR) is 158 cm³/mol. The molecule has 3 heteroatoms. The zero-order valence-corrected chi connectivity index (χ0v) is 24.1. The number of ether oxygens (including phenoxy) is 1. The Bertz CT molecular complexity index is 847. The average Bonchev–Trinajstić information content (AvgIpc) is 2.93. The maximum absolute atomic E-state index is 5.97. The summed E-state index contributed by atoms with van der Waals surface area (Å²) >= 11 is 0. The fraction of sp³-hybridized carbons (Fsp3) is 0.706. The number of hydrogen-bond acceptors (Lipinski definition) is 3. The molecule has 0 saturated heterocycles. The predicted octanol–water partition coefficient (Wildman–Crippen LogP) is 10.3. The van der Waals surface area contributed by atoms with Gasteiger partial charge in [0.25, 0.3) is 0 Å². The highest BCUT2D eigenvalue weighted by atomic mass is 16.5. The number of fused-ring (bicyclic) bond motifs is 1. The van der Waals surface area contributed by atoms with Crippen molar-refractivity contribution in [2.75, 3.05) is 6.61 Å². The minimum Gasteiger partial charge on any atom is -0.494 e. The first-order chi connectivity index (χ1) is 18.3. The van der Waals surface area contributed by atoms with Crippen LogP contribution in [0.25, 0.3) is 11.4 Å². The van der Waals surface area contributed by atoms with Gasteiger partial charge in [-0.1, -0.05) is 117 Å². The van der Waals surface area contributed by atoms with Crippen LogP contribution in [-0.2, 0) is 12.8 Å². The van der Waals surface area contributed by atoms with E-state index in [0.717, 1.165) is 48.9 Å². The van der Waals surface area contributed by atoms with Crippen molar-refractivity contribution in [3.05, 3.63) is 41.7 Å². The zero-order valence-electron chi connectivity index (χ0n) is 24.1. The third-order valence-corrected chi connectivity index (χ3v) is 8.10. The quantitative estimate of drug-likeness (QED) is 0.167. The molecule has 0 radical (unpaired) electrons. The second-order valence-electron chi connectivity index (χ2n) is 11.4. The van der Waals surface area contributed by atoms with Crippen molar-refractivity contribution in [1.82, 2.24) is 9.97 Å². The fourth-order valence-electron chi connectivity index (χ4n) is 5.66. The summed E-state index contributed by atoms with van der Waals surface area (Å²) in [5.41, 5.74) is 3.74. The summed E-state index contributed by atoms with van der Waals surface area (Å²) in [6.45, 7) is 5.38. The van der Waals surface area contributed by atoms with Gasteiger partial charge in [0, 0.05) is 17.5 Å². The monoisotopic (exact) mass is 506 g/mol. The molecule has 0 fully saturated rings. The van der Waals surface area contributed by atoms with Crippen molar-refractivity contribution < 1.29 is 4.74 Å². The first-order valence-electron chi connectivity index (χ1n) is 15.9. The van der Waals surface area contributed by atoms with Gasteiger partial charge in [-0.15, -0.1) is 0 Å². The molecular formula is C34H54N2O. The smallest absolute Gasteiger partial charge is 0.159 e. The van der Waals surface area contributed by atoms with E-state index in [9.17, 15) is 0 Å². The Hall–Kier alpha value is -1.90. The molecule has 1 aromatic heterocycles. The van der Waals surface area contributed by atoms with Crippen molar-refractivity contribution in [3.63, 3.8) is 0 Å². The van der Waals surface area contributed by atoms with Gasteiger partial charge >= 0.3 is 0 Å². The van der Waals surface area contributed by atoms with E-state index in [4.69, 9.17) is 14.7 Å². The second kappa shape index (κ2) is 18.4. The van der Waals surface area contributed by atoms with E-state index < -0.39 is 0 Å². The van der Waals surface area contributed by atoms with E-state index in [2.05, 4.69) is 44.3 Å². The summed E-state index contributed by atoms with van der Waals surface area (Å²) in [5, 5.41) is 0. The summed E-state index contributed by atoms with van der Waals surface area (Å²) in [7, 11) is 0. The Morgan fingerprint density at radius 3 is 1.97 bits per heavy atom. The zero-order chi connectivity index (χ0) is 26.0. The van der Waals surface area contributed by atoms with Gasteiger partial charge in [0.2, 0.25) is 0 Å². The van der Waals surface area contributed by atoms with Crippen LogP contribution >= 0.6 is 0 Å². The molecule has 1 unspecified atom stereocenters. The third kappa shape index (κ3) is 11.6. The SMILES string of the molecule is CCCCCCCCCCOc1ccc(-c2ncc3c(n2)CCC(CCCCCCCCCC)C3)cc1. The molecule has 1 aliphatic rings. The molecule has 0 spiro atoms. The van der Waals surface area contributed by atoms with Gasteiger partial charge in [0.05, 0.1) is 6.61 Å². The van der Waals surface area contributed by atoms with E-state index in [0.29, 0.717) is 0 Å². The van der Waals surface area contributed by atoms with Gasteiger partial charge in [0.1, 0.15) is 5.75 Å². The lowest BCUT2D eigenvalue weighted by Gasteiger charge is -2.24. The van der Waals surface area contributed by atoms with Crippen molar-refractivity contribution in [2.24, 2.45) is 5.92 Å². The van der Waals surface area contributed by atoms with Crippen molar-refractivity contribution >= 4 is 0 Å². The standard InChI is InChI=1S/C34H54N2O/c1-3-5-7-9-11-13-15-17-19-29-20-25-33-31(27-29)28-35-34(36-33)30-21-23-32(24-22-30)37-26-18-16-14-12-10-8-6-4-2/h21-24,28-29H,3-20,25-27H2,1-2H3. The maximum Gasteiger partial charge on any atom is 0.159 e. The van der Waals surface area contributed by atoms with Crippen LogP contribution in [0.5, 0.6) is 5.75 Å². The van der Waals surface area contributed by atoms with E-state index >= 15 is 0 Å². The number of nitrogens with zero attached hydrogens (tertiary/aromatic N) is 2. The number of hydrogen-bond donors (Lipinski definition) is 0. The molecule has 0 aliphatic heterocycles. The van der Waals surface area contributed by atoms with Crippen LogP contribution in [0.4, 0.5) is 0 Å². The maximum atomic E-state index is 5.97. The van der Waals surface area contributed by atoms with Gasteiger partial charge in [-0.05, 0) is 61.4 Å². The van der Waals surface area contributed by atoms with Crippen LogP contribution in [0.2, 0.25) is 0 Å². The molecule has 1 atom stereocenters. The first kappa shape index (κ1) is 29.7.